The van der Waals surface area contributed by atoms with Gasteiger partial charge < -0.3 is 5.73 Å². The first-order valence-electron chi connectivity index (χ1n) is 5.08. The molecule has 0 saturated heterocycles. The summed E-state index contributed by atoms with van der Waals surface area (Å²) in [5, 5.41) is 0. The minimum atomic E-state index is -0.323. The van der Waals surface area contributed by atoms with Crippen LogP contribution in [0, 0.1) is 0 Å². The van der Waals surface area contributed by atoms with Crippen LogP contribution in [0.2, 0.25) is 0 Å². The highest BCUT2D eigenvalue weighted by Gasteiger charge is 2.11. The van der Waals surface area contributed by atoms with Crippen molar-refractivity contribution in [2.45, 2.75) is 13.0 Å². The molecular formula is C12H13N3O. The normalized spacial score (nSPS) is 12.3. The number of nitrogen functional groups attached to an aromatic ring is 1. The standard InChI is InChI=1S/C12H13N3O/c1-9(10-5-3-2-4-6-10)15-11(13)7-8-14-12(15)16/h2-9H,13H2,1H3. The summed E-state index contributed by atoms with van der Waals surface area (Å²) in [6.45, 7) is 1.93. The molecule has 1 aromatic heterocycles. The van der Waals surface area contributed by atoms with E-state index in [2.05, 4.69) is 4.98 Å². The maximum Gasteiger partial charge on any atom is 0.349 e. The highest BCUT2D eigenvalue weighted by molar-refractivity contribution is 5.30. The van der Waals surface area contributed by atoms with Gasteiger partial charge in [0.2, 0.25) is 0 Å². The van der Waals surface area contributed by atoms with E-state index in [0.29, 0.717) is 5.82 Å². The van der Waals surface area contributed by atoms with Gasteiger partial charge in [-0.1, -0.05) is 30.3 Å². The van der Waals surface area contributed by atoms with Gasteiger partial charge in [-0.05, 0) is 18.6 Å². The van der Waals surface area contributed by atoms with Gasteiger partial charge in [0, 0.05) is 6.20 Å². The Labute approximate surface area is 93.4 Å². The SMILES string of the molecule is CC(c1ccccc1)n1c(N)ccnc1=O. The van der Waals surface area contributed by atoms with E-state index < -0.39 is 0 Å². The van der Waals surface area contributed by atoms with E-state index in [9.17, 15) is 4.79 Å². The molecule has 0 amide bonds. The third kappa shape index (κ3) is 1.82. The molecule has 2 rings (SSSR count). The quantitative estimate of drug-likeness (QED) is 0.824. The Balaban J connectivity index is 2.50. The van der Waals surface area contributed by atoms with E-state index >= 15 is 0 Å². The monoisotopic (exact) mass is 215 g/mol. The Kier molecular flexibility index (Phi) is 2.72. The van der Waals surface area contributed by atoms with E-state index in [4.69, 9.17) is 5.73 Å². The molecule has 0 saturated carbocycles. The summed E-state index contributed by atoms with van der Waals surface area (Å²) in [6.07, 6.45) is 1.42. The second kappa shape index (κ2) is 4.18. The van der Waals surface area contributed by atoms with Crippen LogP contribution in [-0.4, -0.2) is 9.55 Å². The molecule has 2 N–H and O–H groups in total. The van der Waals surface area contributed by atoms with Gasteiger partial charge in [-0.2, -0.15) is 0 Å². The molecule has 1 atom stereocenters. The number of nitrogens with zero attached hydrogens (tertiary/aromatic N) is 2. The average molecular weight is 215 g/mol. The van der Waals surface area contributed by atoms with Crippen LogP contribution in [0.3, 0.4) is 0 Å². The molecule has 0 aliphatic rings. The van der Waals surface area contributed by atoms with Gasteiger partial charge in [-0.25, -0.2) is 9.78 Å². The first-order chi connectivity index (χ1) is 7.70. The molecule has 4 heteroatoms. The largest absolute Gasteiger partial charge is 0.385 e. The van der Waals surface area contributed by atoms with Crippen molar-refractivity contribution < 1.29 is 0 Å². The van der Waals surface area contributed by atoms with Crippen LogP contribution in [0.15, 0.2) is 47.4 Å². The topological polar surface area (TPSA) is 60.9 Å². The summed E-state index contributed by atoms with van der Waals surface area (Å²) >= 11 is 0. The number of rotatable bonds is 2. The second-order valence-electron chi connectivity index (χ2n) is 3.61. The number of aromatic nitrogens is 2. The van der Waals surface area contributed by atoms with Crippen molar-refractivity contribution in [2.75, 3.05) is 5.73 Å². The zero-order valence-electron chi connectivity index (χ0n) is 9.00. The van der Waals surface area contributed by atoms with Crippen molar-refractivity contribution in [3.05, 3.63) is 58.6 Å². The molecule has 0 bridgehead atoms. The second-order valence-corrected chi connectivity index (χ2v) is 3.61. The molecule has 1 unspecified atom stereocenters. The average Bonchev–Trinajstić information content (AvgIpc) is 2.30. The zero-order valence-corrected chi connectivity index (χ0v) is 9.00. The van der Waals surface area contributed by atoms with Gasteiger partial charge in [-0.3, -0.25) is 4.57 Å². The summed E-state index contributed by atoms with van der Waals surface area (Å²) in [6, 6.07) is 11.2. The lowest BCUT2D eigenvalue weighted by molar-refractivity contribution is 0.607. The molecule has 0 aliphatic carbocycles. The molecule has 82 valence electrons. The summed E-state index contributed by atoms with van der Waals surface area (Å²) in [4.78, 5) is 15.3. The third-order valence-corrected chi connectivity index (χ3v) is 2.58. The van der Waals surface area contributed by atoms with Crippen LogP contribution in [-0.2, 0) is 0 Å². The van der Waals surface area contributed by atoms with E-state index in [1.165, 1.54) is 10.8 Å². The Hall–Kier alpha value is -2.10. The molecule has 1 aromatic carbocycles. The van der Waals surface area contributed by atoms with E-state index in [-0.39, 0.29) is 11.7 Å². The van der Waals surface area contributed by atoms with Gasteiger partial charge in [0.15, 0.2) is 0 Å². The molecular weight excluding hydrogens is 202 g/mol. The van der Waals surface area contributed by atoms with Gasteiger partial charge >= 0.3 is 5.69 Å². The molecule has 16 heavy (non-hydrogen) atoms. The summed E-state index contributed by atoms with van der Waals surface area (Å²) in [7, 11) is 0. The van der Waals surface area contributed by atoms with Crippen molar-refractivity contribution in [3.63, 3.8) is 0 Å². The van der Waals surface area contributed by atoms with Crippen molar-refractivity contribution in [1.82, 2.24) is 9.55 Å². The maximum absolute atomic E-state index is 11.6. The fraction of sp³-hybridized carbons (Fsp3) is 0.167. The fourth-order valence-electron chi connectivity index (χ4n) is 1.70. The Bertz CT molecular complexity index is 533. The molecule has 2 aromatic rings. The van der Waals surface area contributed by atoms with Crippen LogP contribution in [0.1, 0.15) is 18.5 Å². The number of hydrogen-bond acceptors (Lipinski definition) is 3. The lowest BCUT2D eigenvalue weighted by atomic mass is 10.1. The molecule has 0 fully saturated rings. The molecule has 0 radical (unpaired) electrons. The van der Waals surface area contributed by atoms with E-state index in [1.807, 2.05) is 37.3 Å². The van der Waals surface area contributed by atoms with Crippen LogP contribution < -0.4 is 11.4 Å². The Morgan fingerprint density at radius 2 is 1.94 bits per heavy atom. The predicted octanol–water partition coefficient (Wildman–Crippen LogP) is 1.43. The van der Waals surface area contributed by atoms with Crippen molar-refractivity contribution >= 4 is 5.82 Å². The van der Waals surface area contributed by atoms with Gasteiger partial charge in [0.25, 0.3) is 0 Å². The molecule has 4 nitrogen and oxygen atoms in total. The van der Waals surface area contributed by atoms with Crippen molar-refractivity contribution in [2.24, 2.45) is 0 Å². The highest BCUT2D eigenvalue weighted by Crippen LogP contribution is 2.17. The first-order valence-corrected chi connectivity index (χ1v) is 5.08. The lowest BCUT2D eigenvalue weighted by Crippen LogP contribution is -2.28. The first kappa shape index (κ1) is 10.4. The van der Waals surface area contributed by atoms with Gasteiger partial charge in [-0.15, -0.1) is 0 Å². The number of anilines is 1. The maximum atomic E-state index is 11.6. The van der Waals surface area contributed by atoms with Crippen molar-refractivity contribution in [1.29, 1.82) is 0 Å². The summed E-state index contributed by atoms with van der Waals surface area (Å²) in [5.74, 6) is 0.427. The minimum absolute atomic E-state index is 0.109. The van der Waals surface area contributed by atoms with Crippen molar-refractivity contribution in [3.8, 4) is 0 Å². The smallest absolute Gasteiger partial charge is 0.349 e. The number of hydrogen-bond donors (Lipinski definition) is 1. The summed E-state index contributed by atoms with van der Waals surface area (Å²) in [5.41, 5.74) is 6.49. The van der Waals surface area contributed by atoms with Gasteiger partial charge in [0.05, 0.1) is 6.04 Å². The Morgan fingerprint density at radius 3 is 2.56 bits per heavy atom. The van der Waals surface area contributed by atoms with Crippen LogP contribution in [0.25, 0.3) is 0 Å². The third-order valence-electron chi connectivity index (χ3n) is 2.58. The lowest BCUT2D eigenvalue weighted by Gasteiger charge is -2.16. The number of benzene rings is 1. The number of nitrogens with two attached hydrogens (primary N) is 1. The fourth-order valence-corrected chi connectivity index (χ4v) is 1.70. The highest BCUT2D eigenvalue weighted by atomic mass is 16.1. The van der Waals surface area contributed by atoms with Gasteiger partial charge in [0.1, 0.15) is 5.82 Å². The van der Waals surface area contributed by atoms with E-state index in [0.717, 1.165) is 5.56 Å². The molecule has 0 spiro atoms. The van der Waals surface area contributed by atoms with Crippen LogP contribution >= 0.6 is 0 Å². The predicted molar refractivity (Wildman–Crippen MR) is 63.2 cm³/mol. The van der Waals surface area contributed by atoms with Crippen LogP contribution in [0.4, 0.5) is 5.82 Å². The zero-order chi connectivity index (χ0) is 11.5. The van der Waals surface area contributed by atoms with E-state index in [1.54, 1.807) is 6.07 Å². The van der Waals surface area contributed by atoms with Crippen LogP contribution in [0.5, 0.6) is 0 Å². The Morgan fingerprint density at radius 1 is 1.25 bits per heavy atom. The summed E-state index contributed by atoms with van der Waals surface area (Å²) < 4.78 is 1.48. The minimum Gasteiger partial charge on any atom is -0.385 e. The molecule has 1 heterocycles. The molecule has 0 aliphatic heterocycles.